The largest absolute Gasteiger partial charge is 0.495 e. The number of aromatic nitrogens is 1. The minimum absolute atomic E-state index is 0.354. The van der Waals surface area contributed by atoms with Crippen LogP contribution in [0, 0.1) is 11.3 Å². The van der Waals surface area contributed by atoms with Crippen molar-refractivity contribution in [1.82, 2.24) is 14.8 Å². The van der Waals surface area contributed by atoms with Crippen molar-refractivity contribution in [1.29, 1.82) is 5.26 Å². The van der Waals surface area contributed by atoms with Gasteiger partial charge in [-0.1, -0.05) is 23.2 Å². The van der Waals surface area contributed by atoms with Crippen LogP contribution in [0.1, 0.15) is 24.8 Å². The van der Waals surface area contributed by atoms with Gasteiger partial charge in [-0.3, -0.25) is 4.98 Å². The molecular weight excluding hydrogens is 551 g/mol. The summed E-state index contributed by atoms with van der Waals surface area (Å²) in [5.74, 6) is 1.62. The summed E-state index contributed by atoms with van der Waals surface area (Å²) in [6.45, 7) is 7.80. The number of nitriles is 1. The molecule has 1 aliphatic rings. The summed E-state index contributed by atoms with van der Waals surface area (Å²) in [5.41, 5.74) is 7.71. The fourth-order valence-corrected chi connectivity index (χ4v) is 5.30. The average molecular weight is 588 g/mol. The molecule has 11 heteroatoms. The Balaban J connectivity index is 1.43. The second-order valence-corrected chi connectivity index (χ2v) is 10.5. The van der Waals surface area contributed by atoms with E-state index in [0.29, 0.717) is 61.7 Å². The highest BCUT2D eigenvalue weighted by Gasteiger charge is 2.18. The highest BCUT2D eigenvalue weighted by molar-refractivity contribution is 6.37. The Kier molecular flexibility index (Phi) is 10.9. The first kappa shape index (κ1) is 30.0. The first-order chi connectivity index (χ1) is 19.5. The lowest BCUT2D eigenvalue weighted by atomic mass is 10.1. The summed E-state index contributed by atoms with van der Waals surface area (Å²) in [6.07, 6.45) is 4.69. The van der Waals surface area contributed by atoms with Gasteiger partial charge in [0.15, 0.2) is 11.5 Å². The Labute approximate surface area is 245 Å². The molecule has 0 aliphatic carbocycles. The topological polar surface area (TPSA) is 109 Å². The molecule has 1 aliphatic heterocycles. The lowest BCUT2D eigenvalue weighted by Gasteiger charge is -2.34. The van der Waals surface area contributed by atoms with Gasteiger partial charge in [0.2, 0.25) is 0 Å². The molecule has 9 nitrogen and oxygen atoms in total. The summed E-state index contributed by atoms with van der Waals surface area (Å²) in [7, 11) is 3.12. The van der Waals surface area contributed by atoms with Crippen molar-refractivity contribution in [3.8, 4) is 23.3 Å². The van der Waals surface area contributed by atoms with Crippen molar-refractivity contribution >= 4 is 45.5 Å². The monoisotopic (exact) mass is 586 g/mol. The summed E-state index contributed by atoms with van der Waals surface area (Å²) < 4.78 is 17.1. The van der Waals surface area contributed by atoms with Crippen LogP contribution in [0.2, 0.25) is 10.0 Å². The van der Waals surface area contributed by atoms with Gasteiger partial charge in [0.1, 0.15) is 11.8 Å². The number of fused-ring (bicyclic) bond motifs is 1. The molecule has 2 aromatic carbocycles. The summed E-state index contributed by atoms with van der Waals surface area (Å²) in [4.78, 5) is 9.51. The third-order valence-electron chi connectivity index (χ3n) is 7.04. The van der Waals surface area contributed by atoms with E-state index in [-0.39, 0.29) is 0 Å². The molecule has 0 amide bonds. The van der Waals surface area contributed by atoms with E-state index in [0.717, 1.165) is 58.7 Å². The third kappa shape index (κ3) is 7.39. The predicted molar refractivity (Wildman–Crippen MR) is 161 cm³/mol. The van der Waals surface area contributed by atoms with E-state index in [9.17, 15) is 5.26 Å². The second-order valence-electron chi connectivity index (χ2n) is 9.65. The fourth-order valence-electron chi connectivity index (χ4n) is 4.79. The molecule has 3 N–H and O–H groups in total. The second kappa shape index (κ2) is 14.6. The Hall–Kier alpha value is -3.00. The van der Waals surface area contributed by atoms with E-state index >= 15 is 0 Å². The smallest absolute Gasteiger partial charge is 0.163 e. The number of nitrogens with zero attached hydrogens (tertiary/aromatic N) is 4. The third-order valence-corrected chi connectivity index (χ3v) is 7.65. The lowest BCUT2D eigenvalue weighted by Crippen LogP contribution is -2.46. The van der Waals surface area contributed by atoms with Gasteiger partial charge in [0, 0.05) is 56.4 Å². The predicted octanol–water partition coefficient (Wildman–Crippen LogP) is 5.30. The number of nitrogens with two attached hydrogens (primary N) is 1. The van der Waals surface area contributed by atoms with E-state index < -0.39 is 0 Å². The molecular formula is C29H36Cl2N6O3. The van der Waals surface area contributed by atoms with Crippen LogP contribution in [0.3, 0.4) is 0 Å². The van der Waals surface area contributed by atoms with Crippen LogP contribution < -0.4 is 25.3 Å². The molecule has 0 radical (unpaired) electrons. The molecule has 0 bridgehead atoms. The number of hydrogen-bond donors (Lipinski definition) is 2. The Morgan fingerprint density at radius 3 is 2.27 bits per heavy atom. The quantitative estimate of drug-likeness (QED) is 0.258. The number of ether oxygens (including phenoxy) is 3. The standard InChI is InChI=1S/C29H36Cl2N6O3/c1-38-26-17-25(22(30)15-23(26)31)35-29-20(18-33)19-34-24-16-28(27(39-2)14-21(24)29)40-13-5-8-37-11-9-36(10-12-37)7-4-3-6-32/h14-17,19H,3-13,32H2,1-2H3,(H,34,35). The fraction of sp³-hybridized carbons (Fsp3) is 0.448. The SMILES string of the molecule is COc1cc(Nc2c(C#N)cnc3cc(OCCCN4CCN(CCCCN)CC4)c(OC)cc23)c(Cl)cc1Cl. The van der Waals surface area contributed by atoms with Crippen molar-refractivity contribution in [3.63, 3.8) is 0 Å². The average Bonchev–Trinajstić information content (AvgIpc) is 2.97. The molecule has 1 fully saturated rings. The Bertz CT molecular complexity index is 1340. The van der Waals surface area contributed by atoms with E-state index in [1.54, 1.807) is 19.2 Å². The Morgan fingerprint density at radius 1 is 0.925 bits per heavy atom. The van der Waals surface area contributed by atoms with Crippen molar-refractivity contribution in [2.45, 2.75) is 19.3 Å². The summed E-state index contributed by atoms with van der Waals surface area (Å²) in [5, 5.41) is 14.5. The van der Waals surface area contributed by atoms with E-state index in [2.05, 4.69) is 26.2 Å². The van der Waals surface area contributed by atoms with E-state index in [4.69, 9.17) is 43.1 Å². The maximum absolute atomic E-state index is 9.79. The molecule has 4 rings (SSSR count). The molecule has 0 saturated carbocycles. The molecule has 3 aromatic rings. The molecule has 214 valence electrons. The van der Waals surface area contributed by atoms with Gasteiger partial charge < -0.3 is 35.1 Å². The molecule has 40 heavy (non-hydrogen) atoms. The van der Waals surface area contributed by atoms with Crippen LogP contribution in [0.4, 0.5) is 11.4 Å². The first-order valence-electron chi connectivity index (χ1n) is 13.5. The van der Waals surface area contributed by atoms with Gasteiger partial charge >= 0.3 is 0 Å². The van der Waals surface area contributed by atoms with Crippen LogP contribution in [-0.4, -0.2) is 81.4 Å². The van der Waals surface area contributed by atoms with E-state index in [1.807, 2.05) is 12.1 Å². The zero-order valence-corrected chi connectivity index (χ0v) is 24.5. The number of unbranched alkanes of at least 4 members (excludes halogenated alkanes) is 1. The maximum atomic E-state index is 9.79. The molecule has 0 spiro atoms. The Morgan fingerprint density at radius 2 is 1.62 bits per heavy atom. The number of piperazine rings is 1. The van der Waals surface area contributed by atoms with Gasteiger partial charge in [0.25, 0.3) is 0 Å². The summed E-state index contributed by atoms with van der Waals surface area (Å²) in [6, 6.07) is 9.14. The normalized spacial score (nSPS) is 14.2. The minimum atomic E-state index is 0.354. The zero-order chi connectivity index (χ0) is 28.5. The van der Waals surface area contributed by atoms with Crippen LogP contribution in [0.5, 0.6) is 17.2 Å². The maximum Gasteiger partial charge on any atom is 0.163 e. The number of methoxy groups -OCH3 is 2. The number of benzene rings is 2. The number of anilines is 2. The van der Waals surface area contributed by atoms with Gasteiger partial charge in [-0.15, -0.1) is 0 Å². The number of nitrogens with one attached hydrogen (secondary N) is 1. The summed E-state index contributed by atoms with van der Waals surface area (Å²) >= 11 is 12.6. The minimum Gasteiger partial charge on any atom is -0.495 e. The van der Waals surface area contributed by atoms with Gasteiger partial charge in [-0.25, -0.2) is 0 Å². The van der Waals surface area contributed by atoms with Crippen molar-refractivity contribution in [2.24, 2.45) is 5.73 Å². The highest BCUT2D eigenvalue weighted by atomic mass is 35.5. The molecule has 1 aromatic heterocycles. The molecule has 2 heterocycles. The van der Waals surface area contributed by atoms with Crippen LogP contribution in [0.25, 0.3) is 10.9 Å². The lowest BCUT2D eigenvalue weighted by molar-refractivity contribution is 0.124. The van der Waals surface area contributed by atoms with Crippen molar-refractivity contribution in [3.05, 3.63) is 46.1 Å². The van der Waals surface area contributed by atoms with Crippen LogP contribution in [0.15, 0.2) is 30.5 Å². The van der Waals surface area contributed by atoms with Crippen molar-refractivity contribution in [2.75, 3.05) is 72.0 Å². The number of hydrogen-bond acceptors (Lipinski definition) is 9. The number of rotatable bonds is 13. The number of halogens is 2. The highest BCUT2D eigenvalue weighted by Crippen LogP contribution is 2.40. The zero-order valence-electron chi connectivity index (χ0n) is 23.0. The first-order valence-corrected chi connectivity index (χ1v) is 14.2. The van der Waals surface area contributed by atoms with E-state index in [1.165, 1.54) is 19.7 Å². The van der Waals surface area contributed by atoms with Crippen LogP contribution in [-0.2, 0) is 0 Å². The molecule has 1 saturated heterocycles. The van der Waals surface area contributed by atoms with Crippen molar-refractivity contribution < 1.29 is 14.2 Å². The van der Waals surface area contributed by atoms with Gasteiger partial charge in [0.05, 0.1) is 53.3 Å². The number of pyridine rings is 1. The molecule has 0 unspecified atom stereocenters. The van der Waals surface area contributed by atoms with Gasteiger partial charge in [-0.05, 0) is 44.5 Å². The molecule has 0 atom stereocenters. The van der Waals surface area contributed by atoms with Gasteiger partial charge in [-0.2, -0.15) is 5.26 Å². The van der Waals surface area contributed by atoms with Crippen LogP contribution >= 0.6 is 23.2 Å².